The van der Waals surface area contributed by atoms with Gasteiger partial charge in [-0.25, -0.2) is 9.37 Å². The van der Waals surface area contributed by atoms with Gasteiger partial charge < -0.3 is 14.0 Å². The third-order valence-corrected chi connectivity index (χ3v) is 5.20. The fraction of sp³-hybridized carbons (Fsp3) is 0.263. The fourth-order valence-corrected chi connectivity index (χ4v) is 3.79. The minimum Gasteiger partial charge on any atom is -0.496 e. The normalized spacial score (nSPS) is 11.1. The van der Waals surface area contributed by atoms with E-state index in [-0.39, 0.29) is 17.1 Å². The van der Waals surface area contributed by atoms with Crippen molar-refractivity contribution in [1.82, 2.24) is 9.55 Å². The molecule has 0 aliphatic rings. The van der Waals surface area contributed by atoms with Gasteiger partial charge in [-0.1, -0.05) is 23.4 Å². The van der Waals surface area contributed by atoms with Crippen molar-refractivity contribution < 1.29 is 18.7 Å². The first-order chi connectivity index (χ1) is 13.0. The number of imidazole rings is 1. The van der Waals surface area contributed by atoms with Gasteiger partial charge in [-0.3, -0.25) is 4.79 Å². The van der Waals surface area contributed by atoms with Crippen molar-refractivity contribution in [3.63, 3.8) is 0 Å². The Bertz CT molecular complexity index is 977. The number of rotatable bonds is 8. The molecule has 3 aromatic rings. The number of halogens is 2. The number of methoxy groups -OCH3 is 2. The minimum absolute atomic E-state index is 0.101. The van der Waals surface area contributed by atoms with Crippen molar-refractivity contribution in [2.24, 2.45) is 0 Å². The maximum atomic E-state index is 13.5. The highest BCUT2D eigenvalue weighted by atomic mass is 35.5. The molecule has 0 spiro atoms. The van der Waals surface area contributed by atoms with Crippen LogP contribution >= 0.6 is 23.4 Å². The van der Waals surface area contributed by atoms with Gasteiger partial charge in [0, 0.05) is 18.7 Å². The molecule has 0 atom stereocenters. The van der Waals surface area contributed by atoms with Crippen molar-refractivity contribution in [2.75, 3.05) is 26.6 Å². The smallest absolute Gasteiger partial charge is 0.177 e. The summed E-state index contributed by atoms with van der Waals surface area (Å²) in [6, 6.07) is 9.37. The van der Waals surface area contributed by atoms with Crippen molar-refractivity contribution in [2.45, 2.75) is 11.7 Å². The Morgan fingerprint density at radius 3 is 2.81 bits per heavy atom. The first-order valence-corrected chi connectivity index (χ1v) is 9.54. The third-order valence-electron chi connectivity index (χ3n) is 3.99. The Balaban J connectivity index is 1.86. The van der Waals surface area contributed by atoms with Crippen LogP contribution in [0.15, 0.2) is 41.6 Å². The van der Waals surface area contributed by atoms with Crippen LogP contribution in [0.4, 0.5) is 4.39 Å². The zero-order valence-electron chi connectivity index (χ0n) is 14.9. The van der Waals surface area contributed by atoms with Crippen molar-refractivity contribution >= 4 is 40.2 Å². The number of benzene rings is 2. The Labute approximate surface area is 165 Å². The second-order valence-electron chi connectivity index (χ2n) is 5.73. The number of nitrogens with zero attached hydrogens (tertiary/aromatic N) is 2. The van der Waals surface area contributed by atoms with E-state index in [1.165, 1.54) is 37.1 Å². The maximum Gasteiger partial charge on any atom is 0.177 e. The molecule has 0 fully saturated rings. The number of carbonyl (C=O) groups excluding carboxylic acids is 1. The van der Waals surface area contributed by atoms with Crippen LogP contribution in [0, 0.1) is 5.82 Å². The van der Waals surface area contributed by atoms with Crippen molar-refractivity contribution in [1.29, 1.82) is 0 Å². The van der Waals surface area contributed by atoms with Gasteiger partial charge in [-0.15, -0.1) is 0 Å². The molecule has 0 N–H and O–H groups in total. The van der Waals surface area contributed by atoms with Crippen LogP contribution in [0.25, 0.3) is 11.0 Å². The molecule has 0 bridgehead atoms. The topological polar surface area (TPSA) is 53.4 Å². The summed E-state index contributed by atoms with van der Waals surface area (Å²) in [5, 5.41) is 1.27. The Morgan fingerprint density at radius 1 is 1.26 bits per heavy atom. The van der Waals surface area contributed by atoms with Crippen LogP contribution in [0.2, 0.25) is 5.02 Å². The molecule has 0 saturated carbocycles. The lowest BCUT2D eigenvalue weighted by Crippen LogP contribution is -2.09. The van der Waals surface area contributed by atoms with Crippen LogP contribution < -0.4 is 4.74 Å². The van der Waals surface area contributed by atoms with E-state index in [0.717, 1.165) is 11.0 Å². The number of fused-ring (bicyclic) bond motifs is 1. The number of aromatic nitrogens is 2. The van der Waals surface area contributed by atoms with Crippen molar-refractivity contribution in [3.05, 3.63) is 52.8 Å². The lowest BCUT2D eigenvalue weighted by Gasteiger charge is -2.09. The largest absolute Gasteiger partial charge is 0.496 e. The Morgan fingerprint density at radius 2 is 2.07 bits per heavy atom. The monoisotopic (exact) mass is 408 g/mol. The summed E-state index contributed by atoms with van der Waals surface area (Å²) in [4.78, 5) is 17.2. The zero-order chi connectivity index (χ0) is 19.4. The van der Waals surface area contributed by atoms with Gasteiger partial charge in [0.1, 0.15) is 11.6 Å². The molecule has 0 unspecified atom stereocenters. The molecule has 1 aromatic heterocycles. The summed E-state index contributed by atoms with van der Waals surface area (Å²) < 4.78 is 25.8. The first kappa shape index (κ1) is 19.7. The van der Waals surface area contributed by atoms with E-state index in [4.69, 9.17) is 21.1 Å². The summed E-state index contributed by atoms with van der Waals surface area (Å²) in [5.41, 5.74) is 1.87. The molecule has 1 heterocycles. The number of carbonyl (C=O) groups is 1. The summed E-state index contributed by atoms with van der Waals surface area (Å²) >= 11 is 7.34. The number of ether oxygens (including phenoxy) is 2. The Kier molecular flexibility index (Phi) is 6.36. The molecule has 0 saturated heterocycles. The van der Waals surface area contributed by atoms with Crippen LogP contribution in [0.5, 0.6) is 5.75 Å². The number of hydrogen-bond donors (Lipinski definition) is 0. The lowest BCUT2D eigenvalue weighted by molar-refractivity contribution is 0.101. The number of hydrogen-bond acceptors (Lipinski definition) is 5. The van der Waals surface area contributed by atoms with Crippen LogP contribution in [0.1, 0.15) is 10.4 Å². The first-order valence-electron chi connectivity index (χ1n) is 8.17. The molecular formula is C19H18ClFN2O3S. The quantitative estimate of drug-likeness (QED) is 0.407. The highest BCUT2D eigenvalue weighted by molar-refractivity contribution is 7.99. The molecule has 27 heavy (non-hydrogen) atoms. The predicted molar refractivity (Wildman–Crippen MR) is 105 cm³/mol. The summed E-state index contributed by atoms with van der Waals surface area (Å²) in [6.45, 7) is 1.10. The maximum absolute atomic E-state index is 13.5. The molecular weight excluding hydrogens is 391 g/mol. The molecule has 8 heteroatoms. The number of thioether (sulfide) groups is 1. The van der Waals surface area contributed by atoms with Gasteiger partial charge >= 0.3 is 0 Å². The average molecular weight is 409 g/mol. The molecule has 3 rings (SSSR count). The Hall–Kier alpha value is -2.09. The van der Waals surface area contributed by atoms with E-state index in [0.29, 0.717) is 29.1 Å². The van der Waals surface area contributed by atoms with E-state index < -0.39 is 5.82 Å². The highest BCUT2D eigenvalue weighted by Crippen LogP contribution is 2.28. The minimum atomic E-state index is -0.480. The van der Waals surface area contributed by atoms with Crippen LogP contribution in [-0.2, 0) is 11.3 Å². The predicted octanol–water partition coefficient (Wildman–Crippen LogP) is 4.46. The second-order valence-corrected chi connectivity index (χ2v) is 7.11. The van der Waals surface area contributed by atoms with E-state index in [2.05, 4.69) is 4.98 Å². The van der Waals surface area contributed by atoms with Gasteiger partial charge in [0.25, 0.3) is 0 Å². The molecule has 142 valence electrons. The molecule has 2 aromatic carbocycles. The fourth-order valence-electron chi connectivity index (χ4n) is 2.70. The van der Waals surface area contributed by atoms with E-state index in [1.54, 1.807) is 19.2 Å². The third kappa shape index (κ3) is 4.43. The van der Waals surface area contributed by atoms with Gasteiger partial charge in [0.2, 0.25) is 0 Å². The number of ketones is 1. The van der Waals surface area contributed by atoms with Crippen LogP contribution in [-0.4, -0.2) is 41.9 Å². The standard InChI is InChI=1S/C19H18ClFN2O3S/c1-25-8-7-23-16-5-3-12(20)9-15(16)22-19(23)27-11-17(24)14-10-13(21)4-6-18(14)26-2/h3-6,9-10H,7-8,11H2,1-2H3. The van der Waals surface area contributed by atoms with E-state index >= 15 is 0 Å². The van der Waals surface area contributed by atoms with Gasteiger partial charge in [-0.2, -0.15) is 0 Å². The zero-order valence-corrected chi connectivity index (χ0v) is 16.4. The SMILES string of the molecule is COCCn1c(SCC(=O)c2cc(F)ccc2OC)nc2cc(Cl)ccc21. The van der Waals surface area contributed by atoms with Gasteiger partial charge in [0.15, 0.2) is 10.9 Å². The number of Topliss-reactive ketones (excluding diaryl/α,β-unsaturated/α-hetero) is 1. The summed E-state index contributed by atoms with van der Waals surface area (Å²) in [7, 11) is 3.08. The molecule has 0 amide bonds. The molecule has 5 nitrogen and oxygen atoms in total. The molecule has 0 aliphatic carbocycles. The van der Waals surface area contributed by atoms with Crippen LogP contribution in [0.3, 0.4) is 0 Å². The second kappa shape index (κ2) is 8.73. The summed E-state index contributed by atoms with van der Waals surface area (Å²) in [6.07, 6.45) is 0. The summed E-state index contributed by atoms with van der Waals surface area (Å²) in [5.74, 6) is -0.267. The van der Waals surface area contributed by atoms with E-state index in [1.807, 2.05) is 10.6 Å². The van der Waals surface area contributed by atoms with Crippen molar-refractivity contribution in [3.8, 4) is 5.75 Å². The molecule has 0 radical (unpaired) electrons. The lowest BCUT2D eigenvalue weighted by atomic mass is 10.1. The van der Waals surface area contributed by atoms with E-state index in [9.17, 15) is 9.18 Å². The van der Waals surface area contributed by atoms with Gasteiger partial charge in [-0.05, 0) is 36.4 Å². The average Bonchev–Trinajstić information content (AvgIpc) is 3.00. The van der Waals surface area contributed by atoms with Gasteiger partial charge in [0.05, 0.1) is 36.1 Å². The highest BCUT2D eigenvalue weighted by Gasteiger charge is 2.17. The molecule has 0 aliphatic heterocycles.